The number of hydrogen-bond acceptors (Lipinski definition) is 8. The number of rotatable bonds is 3. The van der Waals surface area contributed by atoms with Gasteiger partial charge in [0.15, 0.2) is 12.2 Å². The van der Waals surface area contributed by atoms with E-state index in [1.54, 1.807) is 0 Å². The van der Waals surface area contributed by atoms with E-state index in [0.29, 0.717) is 13.0 Å². The van der Waals surface area contributed by atoms with Crippen molar-refractivity contribution in [3.05, 3.63) is 0 Å². The molecule has 1 N–H and O–H groups in total. The number of piperidine rings is 1. The van der Waals surface area contributed by atoms with Gasteiger partial charge < -0.3 is 19.3 Å². The Balaban J connectivity index is 2.26. The summed E-state index contributed by atoms with van der Waals surface area (Å²) in [6, 6.07) is -0.430. The summed E-state index contributed by atoms with van der Waals surface area (Å²) in [5.41, 5.74) is 0. The van der Waals surface area contributed by atoms with Crippen LogP contribution in [0.4, 0.5) is 0 Å². The predicted molar refractivity (Wildman–Crippen MR) is 72.6 cm³/mol. The molecule has 0 bridgehead atoms. The van der Waals surface area contributed by atoms with Gasteiger partial charge in [-0.2, -0.15) is 0 Å². The second kappa shape index (κ2) is 6.62. The Labute approximate surface area is 128 Å². The van der Waals surface area contributed by atoms with Crippen LogP contribution in [0.2, 0.25) is 0 Å². The van der Waals surface area contributed by atoms with Gasteiger partial charge in [0.25, 0.3) is 0 Å². The molecular weight excluding hydrogens is 294 g/mol. The number of aliphatic hydroxyl groups excluding tert-OH is 1. The van der Waals surface area contributed by atoms with Crippen LogP contribution in [0.15, 0.2) is 0 Å². The minimum Gasteiger partial charge on any atom is -0.461 e. The lowest BCUT2D eigenvalue weighted by molar-refractivity contribution is -0.199. The van der Waals surface area contributed by atoms with Crippen molar-refractivity contribution in [1.82, 2.24) is 4.90 Å². The zero-order valence-corrected chi connectivity index (χ0v) is 12.9. The van der Waals surface area contributed by atoms with E-state index in [1.807, 2.05) is 4.90 Å². The topological polar surface area (TPSA) is 102 Å². The average molecular weight is 315 g/mol. The lowest BCUT2D eigenvalue weighted by Gasteiger charge is -2.44. The highest BCUT2D eigenvalue weighted by Gasteiger charge is 2.53. The molecule has 2 heterocycles. The third kappa shape index (κ3) is 3.56. The van der Waals surface area contributed by atoms with Crippen LogP contribution in [0.5, 0.6) is 0 Å². The fourth-order valence-corrected chi connectivity index (χ4v) is 3.25. The first-order valence-electron chi connectivity index (χ1n) is 7.23. The van der Waals surface area contributed by atoms with Crippen LogP contribution < -0.4 is 0 Å². The number of nitrogens with zero attached hydrogens (tertiary/aromatic N) is 1. The quantitative estimate of drug-likeness (QED) is 0.535. The maximum atomic E-state index is 11.4. The van der Waals surface area contributed by atoms with Crippen LogP contribution in [0.1, 0.15) is 27.2 Å². The van der Waals surface area contributed by atoms with Crippen LogP contribution in [0.3, 0.4) is 0 Å². The lowest BCUT2D eigenvalue weighted by Crippen LogP contribution is -2.64. The van der Waals surface area contributed by atoms with Crippen LogP contribution in [0.25, 0.3) is 0 Å². The number of aliphatic hydroxyl groups is 1. The minimum atomic E-state index is -0.973. The molecule has 8 nitrogen and oxygen atoms in total. The molecule has 0 aromatic heterocycles. The van der Waals surface area contributed by atoms with Crippen LogP contribution in [0, 0.1) is 0 Å². The van der Waals surface area contributed by atoms with Gasteiger partial charge in [0.2, 0.25) is 0 Å². The van der Waals surface area contributed by atoms with E-state index in [4.69, 9.17) is 14.2 Å². The molecule has 0 aromatic carbocycles. The van der Waals surface area contributed by atoms with Gasteiger partial charge in [0, 0.05) is 33.9 Å². The van der Waals surface area contributed by atoms with E-state index in [-0.39, 0.29) is 6.54 Å². The Hall–Kier alpha value is -1.67. The summed E-state index contributed by atoms with van der Waals surface area (Å²) >= 11 is 0. The Morgan fingerprint density at radius 3 is 2.05 bits per heavy atom. The van der Waals surface area contributed by atoms with Crippen molar-refractivity contribution in [2.24, 2.45) is 0 Å². The molecule has 0 spiro atoms. The number of carbonyl (C=O) groups excluding carboxylic acids is 3. The van der Waals surface area contributed by atoms with Crippen molar-refractivity contribution in [1.29, 1.82) is 0 Å². The number of esters is 3. The Morgan fingerprint density at radius 2 is 1.50 bits per heavy atom. The molecule has 0 aromatic rings. The van der Waals surface area contributed by atoms with E-state index in [9.17, 15) is 19.5 Å². The average Bonchev–Trinajstić information content (AvgIpc) is 2.74. The van der Waals surface area contributed by atoms with Crippen molar-refractivity contribution in [2.45, 2.75) is 57.6 Å². The number of fused-ring (bicyclic) bond motifs is 1. The lowest BCUT2D eigenvalue weighted by atomic mass is 9.92. The predicted octanol–water partition coefficient (Wildman–Crippen LogP) is -0.770. The summed E-state index contributed by atoms with van der Waals surface area (Å²) in [5, 5.41) is 10.2. The zero-order valence-electron chi connectivity index (χ0n) is 12.9. The van der Waals surface area contributed by atoms with Gasteiger partial charge in [0.1, 0.15) is 12.2 Å². The molecule has 0 radical (unpaired) electrons. The minimum absolute atomic E-state index is 0.262. The van der Waals surface area contributed by atoms with Gasteiger partial charge in [-0.05, 0) is 6.42 Å². The summed E-state index contributed by atoms with van der Waals surface area (Å²) in [7, 11) is 0. The van der Waals surface area contributed by atoms with E-state index in [1.165, 1.54) is 20.8 Å². The van der Waals surface area contributed by atoms with Crippen molar-refractivity contribution < 1.29 is 33.7 Å². The van der Waals surface area contributed by atoms with Gasteiger partial charge in [0.05, 0.1) is 6.04 Å². The Morgan fingerprint density at radius 1 is 0.955 bits per heavy atom. The molecule has 8 heteroatoms. The number of carbonyl (C=O) groups is 3. The summed E-state index contributed by atoms with van der Waals surface area (Å²) < 4.78 is 15.7. The van der Waals surface area contributed by atoms with E-state index >= 15 is 0 Å². The van der Waals surface area contributed by atoms with E-state index in [2.05, 4.69) is 0 Å². The molecule has 0 amide bonds. The molecule has 124 valence electrons. The second-order valence-corrected chi connectivity index (χ2v) is 5.64. The standard InChI is InChI=1S/C14H21NO7/c1-7(16)20-11-4-5-15-6-10(19)13(21-8(2)17)14(12(11)15)22-9(3)18/h10-14,19H,4-6H2,1-3H3/t10-,11-,12+,13+,14+/m0/s1. The maximum Gasteiger partial charge on any atom is 0.303 e. The van der Waals surface area contributed by atoms with Gasteiger partial charge in [-0.1, -0.05) is 0 Å². The third-order valence-corrected chi connectivity index (χ3v) is 3.89. The molecule has 2 aliphatic heterocycles. The summed E-state index contributed by atoms with van der Waals surface area (Å²) in [6.45, 7) is 4.64. The third-order valence-electron chi connectivity index (χ3n) is 3.89. The summed E-state index contributed by atoms with van der Waals surface area (Å²) in [5.74, 6) is -1.55. The van der Waals surface area contributed by atoms with Crippen molar-refractivity contribution in [3.8, 4) is 0 Å². The molecule has 0 aliphatic carbocycles. The van der Waals surface area contributed by atoms with Crippen molar-refractivity contribution in [3.63, 3.8) is 0 Å². The smallest absolute Gasteiger partial charge is 0.303 e. The van der Waals surface area contributed by atoms with Crippen LogP contribution >= 0.6 is 0 Å². The highest BCUT2D eigenvalue weighted by atomic mass is 16.6. The van der Waals surface area contributed by atoms with Gasteiger partial charge >= 0.3 is 17.9 Å². The molecular formula is C14H21NO7. The fraction of sp³-hybridized carbons (Fsp3) is 0.786. The van der Waals surface area contributed by atoms with Gasteiger partial charge in [-0.25, -0.2) is 0 Å². The van der Waals surface area contributed by atoms with Crippen molar-refractivity contribution >= 4 is 17.9 Å². The number of ether oxygens (including phenoxy) is 3. The first kappa shape index (κ1) is 16.7. The zero-order chi connectivity index (χ0) is 16.4. The first-order chi connectivity index (χ1) is 10.3. The molecule has 2 rings (SSSR count). The molecule has 2 saturated heterocycles. The van der Waals surface area contributed by atoms with Crippen molar-refractivity contribution in [2.75, 3.05) is 13.1 Å². The molecule has 2 fully saturated rings. The maximum absolute atomic E-state index is 11.4. The Kier molecular flexibility index (Phi) is 5.02. The summed E-state index contributed by atoms with van der Waals surface area (Å²) in [6.07, 6.45) is -2.72. The second-order valence-electron chi connectivity index (χ2n) is 5.64. The highest BCUT2D eigenvalue weighted by molar-refractivity contribution is 5.68. The van der Waals surface area contributed by atoms with Crippen LogP contribution in [-0.2, 0) is 28.6 Å². The molecule has 22 heavy (non-hydrogen) atoms. The van der Waals surface area contributed by atoms with Gasteiger partial charge in [-0.3, -0.25) is 19.3 Å². The molecule has 5 atom stereocenters. The Bertz CT molecular complexity index is 466. The number of hydrogen-bond donors (Lipinski definition) is 1. The van der Waals surface area contributed by atoms with Crippen LogP contribution in [-0.4, -0.2) is 71.5 Å². The van der Waals surface area contributed by atoms with E-state index < -0.39 is 48.4 Å². The monoisotopic (exact) mass is 315 g/mol. The van der Waals surface area contributed by atoms with Gasteiger partial charge in [-0.15, -0.1) is 0 Å². The normalized spacial score (nSPS) is 34.6. The molecule has 0 saturated carbocycles. The molecule has 2 aliphatic rings. The largest absolute Gasteiger partial charge is 0.461 e. The first-order valence-corrected chi connectivity index (χ1v) is 7.23. The summed E-state index contributed by atoms with van der Waals surface area (Å²) in [4.78, 5) is 35.8. The highest BCUT2D eigenvalue weighted by Crippen LogP contribution is 2.33. The molecule has 0 unspecified atom stereocenters. The SMILES string of the molecule is CC(=O)O[C@H]1[C@H](OC(C)=O)[C@@H](O)CN2CC[C@H](OC(C)=O)[C@H]12. The van der Waals surface area contributed by atoms with E-state index in [0.717, 1.165) is 0 Å². The fourth-order valence-electron chi connectivity index (χ4n) is 3.25.